The van der Waals surface area contributed by atoms with E-state index in [1.807, 2.05) is 18.7 Å². The van der Waals surface area contributed by atoms with Crippen molar-refractivity contribution in [2.24, 2.45) is 0 Å². The van der Waals surface area contributed by atoms with Gasteiger partial charge in [-0.1, -0.05) is 6.07 Å². The smallest absolute Gasteiger partial charge is 0.315 e. The molecule has 0 bridgehead atoms. The van der Waals surface area contributed by atoms with Gasteiger partial charge in [0.1, 0.15) is 11.9 Å². The fourth-order valence-corrected chi connectivity index (χ4v) is 2.83. The fraction of sp³-hybridized carbons (Fsp3) is 0.529. The summed E-state index contributed by atoms with van der Waals surface area (Å²) >= 11 is 0. The number of likely N-dealkylation sites (tertiary alicyclic amines) is 1. The minimum Gasteiger partial charge on any atom is -0.370 e. The Labute approximate surface area is 142 Å². The normalized spacial score (nSPS) is 17.1. The number of carbonyl (C=O) groups is 2. The number of rotatable bonds is 6. The van der Waals surface area contributed by atoms with Gasteiger partial charge in [-0.25, -0.2) is 9.18 Å². The van der Waals surface area contributed by atoms with Crippen molar-refractivity contribution in [2.75, 3.05) is 31.6 Å². The number of urea groups is 1. The van der Waals surface area contributed by atoms with Crippen molar-refractivity contribution in [3.8, 4) is 0 Å². The summed E-state index contributed by atoms with van der Waals surface area (Å²) in [7, 11) is 1.71. The van der Waals surface area contributed by atoms with Crippen molar-refractivity contribution in [3.63, 3.8) is 0 Å². The molecule has 24 heavy (non-hydrogen) atoms. The summed E-state index contributed by atoms with van der Waals surface area (Å²) in [5.74, 6) is -0.384. The molecule has 1 aromatic rings. The molecule has 1 aliphatic rings. The Balaban J connectivity index is 1.89. The molecule has 6 nitrogen and oxygen atoms in total. The summed E-state index contributed by atoms with van der Waals surface area (Å²) in [4.78, 5) is 27.2. The number of halogens is 1. The number of benzene rings is 1. The monoisotopic (exact) mass is 336 g/mol. The highest BCUT2D eigenvalue weighted by Crippen LogP contribution is 2.20. The lowest BCUT2D eigenvalue weighted by atomic mass is 10.2. The molecule has 0 aromatic heterocycles. The predicted octanol–water partition coefficient (Wildman–Crippen LogP) is 1.70. The van der Waals surface area contributed by atoms with Crippen LogP contribution >= 0.6 is 0 Å². The van der Waals surface area contributed by atoms with Crippen LogP contribution in [0, 0.1) is 5.82 Å². The molecule has 0 radical (unpaired) electrons. The molecule has 0 aliphatic carbocycles. The van der Waals surface area contributed by atoms with E-state index in [0.717, 1.165) is 13.1 Å². The third-order valence-electron chi connectivity index (χ3n) is 4.30. The van der Waals surface area contributed by atoms with Crippen molar-refractivity contribution in [3.05, 3.63) is 29.6 Å². The Bertz CT molecular complexity index is 604. The Morgan fingerprint density at radius 2 is 2.08 bits per heavy atom. The number of nitrogens with one attached hydrogen (secondary N) is 2. The quantitative estimate of drug-likeness (QED) is 0.831. The summed E-state index contributed by atoms with van der Waals surface area (Å²) in [5, 5.41) is 5.31. The van der Waals surface area contributed by atoms with E-state index in [2.05, 4.69) is 10.6 Å². The molecule has 1 fully saturated rings. The molecule has 1 aromatic carbocycles. The first-order valence-corrected chi connectivity index (χ1v) is 8.29. The molecule has 7 heteroatoms. The third kappa shape index (κ3) is 4.15. The Kier molecular flexibility index (Phi) is 6.00. The van der Waals surface area contributed by atoms with Crippen LogP contribution in [-0.2, 0) is 11.3 Å². The van der Waals surface area contributed by atoms with Crippen LogP contribution in [0.15, 0.2) is 18.2 Å². The summed E-state index contributed by atoms with van der Waals surface area (Å²) in [6.07, 6.45) is 0.607. The Morgan fingerprint density at radius 3 is 2.62 bits per heavy atom. The van der Waals surface area contributed by atoms with Gasteiger partial charge in [0, 0.05) is 33.2 Å². The molecule has 3 amide bonds. The molecule has 2 rings (SSSR count). The van der Waals surface area contributed by atoms with E-state index in [1.54, 1.807) is 24.1 Å². The second kappa shape index (κ2) is 7.99. The van der Waals surface area contributed by atoms with Gasteiger partial charge < -0.3 is 20.4 Å². The largest absolute Gasteiger partial charge is 0.370 e. The highest BCUT2D eigenvalue weighted by Gasteiger charge is 2.30. The van der Waals surface area contributed by atoms with Crippen molar-refractivity contribution >= 4 is 17.6 Å². The molecular weight excluding hydrogens is 311 g/mol. The Morgan fingerprint density at radius 1 is 1.38 bits per heavy atom. The van der Waals surface area contributed by atoms with E-state index in [4.69, 9.17) is 0 Å². The summed E-state index contributed by atoms with van der Waals surface area (Å²) in [5.41, 5.74) is 1.24. The minimum atomic E-state index is -0.475. The standard InChI is InChI=1S/C17H25FN4O2/c1-4-22(5-2)15-7-6-12(10-13(15)18)11-19-17(24)20-14-8-9-21(3)16(14)23/h6-7,10,14H,4-5,8-9,11H2,1-3H3,(H2,19,20,24). The molecule has 132 valence electrons. The fourth-order valence-electron chi connectivity index (χ4n) is 2.83. The number of nitrogens with zero attached hydrogens (tertiary/aromatic N) is 2. The highest BCUT2D eigenvalue weighted by molar-refractivity contribution is 5.88. The molecular formula is C17H25FN4O2. The molecule has 1 heterocycles. The maximum Gasteiger partial charge on any atom is 0.315 e. The lowest BCUT2D eigenvalue weighted by molar-refractivity contribution is -0.128. The highest BCUT2D eigenvalue weighted by atomic mass is 19.1. The molecule has 0 spiro atoms. The molecule has 1 aliphatic heterocycles. The number of amides is 3. The molecule has 1 unspecified atom stereocenters. The van der Waals surface area contributed by atoms with Gasteiger partial charge in [0.15, 0.2) is 0 Å². The van der Waals surface area contributed by atoms with Gasteiger partial charge in [-0.05, 0) is 38.0 Å². The van der Waals surface area contributed by atoms with Gasteiger partial charge in [-0.3, -0.25) is 4.79 Å². The van der Waals surface area contributed by atoms with E-state index >= 15 is 0 Å². The summed E-state index contributed by atoms with van der Waals surface area (Å²) in [6, 6.07) is 4.06. The van der Waals surface area contributed by atoms with Crippen LogP contribution in [0.5, 0.6) is 0 Å². The van der Waals surface area contributed by atoms with Crippen LogP contribution in [0.3, 0.4) is 0 Å². The van der Waals surface area contributed by atoms with Crippen LogP contribution in [0.1, 0.15) is 25.8 Å². The number of anilines is 1. The maximum absolute atomic E-state index is 14.2. The van der Waals surface area contributed by atoms with Crippen LogP contribution in [0.25, 0.3) is 0 Å². The van der Waals surface area contributed by atoms with E-state index in [-0.39, 0.29) is 18.3 Å². The zero-order chi connectivity index (χ0) is 17.7. The van der Waals surface area contributed by atoms with Crippen molar-refractivity contribution in [1.29, 1.82) is 0 Å². The second-order valence-corrected chi connectivity index (χ2v) is 5.89. The molecule has 1 saturated heterocycles. The lowest BCUT2D eigenvalue weighted by Crippen LogP contribution is -2.45. The first-order chi connectivity index (χ1) is 11.5. The number of hydrogen-bond acceptors (Lipinski definition) is 3. The average molecular weight is 336 g/mol. The van der Waals surface area contributed by atoms with E-state index in [1.165, 1.54) is 6.07 Å². The zero-order valence-electron chi connectivity index (χ0n) is 14.4. The zero-order valence-corrected chi connectivity index (χ0v) is 14.4. The van der Waals surface area contributed by atoms with Gasteiger partial charge in [-0.2, -0.15) is 0 Å². The predicted molar refractivity (Wildman–Crippen MR) is 91.4 cm³/mol. The maximum atomic E-state index is 14.2. The van der Waals surface area contributed by atoms with Crippen LogP contribution in [0.2, 0.25) is 0 Å². The van der Waals surface area contributed by atoms with Gasteiger partial charge in [0.05, 0.1) is 5.69 Å². The van der Waals surface area contributed by atoms with Crippen molar-refractivity contribution in [1.82, 2.24) is 15.5 Å². The van der Waals surface area contributed by atoms with E-state index in [0.29, 0.717) is 24.2 Å². The lowest BCUT2D eigenvalue weighted by Gasteiger charge is -2.22. The number of likely N-dealkylation sites (N-methyl/N-ethyl adjacent to an activating group) is 1. The van der Waals surface area contributed by atoms with Crippen LogP contribution in [-0.4, -0.2) is 49.6 Å². The van der Waals surface area contributed by atoms with Gasteiger partial charge in [0.25, 0.3) is 0 Å². The third-order valence-corrected chi connectivity index (χ3v) is 4.30. The van der Waals surface area contributed by atoms with Gasteiger partial charge in [0.2, 0.25) is 5.91 Å². The second-order valence-electron chi connectivity index (χ2n) is 5.89. The first kappa shape index (κ1) is 18.0. The van der Waals surface area contributed by atoms with E-state index < -0.39 is 12.1 Å². The van der Waals surface area contributed by atoms with Crippen LogP contribution in [0.4, 0.5) is 14.9 Å². The van der Waals surface area contributed by atoms with E-state index in [9.17, 15) is 14.0 Å². The molecule has 1 atom stereocenters. The summed E-state index contributed by atoms with van der Waals surface area (Å²) in [6.45, 7) is 6.27. The summed E-state index contributed by atoms with van der Waals surface area (Å²) < 4.78 is 14.2. The first-order valence-electron chi connectivity index (χ1n) is 8.29. The molecule has 2 N–H and O–H groups in total. The van der Waals surface area contributed by atoms with Crippen molar-refractivity contribution in [2.45, 2.75) is 32.9 Å². The Hall–Kier alpha value is -2.31. The topological polar surface area (TPSA) is 64.7 Å². The van der Waals surface area contributed by atoms with Crippen molar-refractivity contribution < 1.29 is 14.0 Å². The van der Waals surface area contributed by atoms with Gasteiger partial charge in [-0.15, -0.1) is 0 Å². The molecule has 0 saturated carbocycles. The number of carbonyl (C=O) groups excluding carboxylic acids is 2. The van der Waals surface area contributed by atoms with Gasteiger partial charge >= 0.3 is 6.03 Å². The minimum absolute atomic E-state index is 0.0835. The number of hydrogen-bond donors (Lipinski definition) is 2. The average Bonchev–Trinajstić information content (AvgIpc) is 2.87. The SMILES string of the molecule is CCN(CC)c1ccc(CNC(=O)NC2CCN(C)C2=O)cc1F. The van der Waals surface area contributed by atoms with Crippen LogP contribution < -0.4 is 15.5 Å².